The van der Waals surface area contributed by atoms with E-state index in [0.717, 1.165) is 22.5 Å². The fourth-order valence-electron chi connectivity index (χ4n) is 3.16. The third-order valence-electron chi connectivity index (χ3n) is 4.61. The van der Waals surface area contributed by atoms with Crippen LogP contribution in [0.5, 0.6) is 5.75 Å². The summed E-state index contributed by atoms with van der Waals surface area (Å²) < 4.78 is 21.4. The van der Waals surface area contributed by atoms with Crippen molar-refractivity contribution in [3.63, 3.8) is 0 Å². The van der Waals surface area contributed by atoms with Crippen LogP contribution < -0.4 is 10.1 Å². The molecule has 2 heterocycles. The molecule has 0 fully saturated rings. The number of imidazole rings is 1. The lowest BCUT2D eigenvalue weighted by Gasteiger charge is -2.12. The van der Waals surface area contributed by atoms with Crippen LogP contribution in [0.2, 0.25) is 5.02 Å². The van der Waals surface area contributed by atoms with Gasteiger partial charge in [0.05, 0.1) is 29.1 Å². The van der Waals surface area contributed by atoms with Crippen LogP contribution in [0.4, 0.5) is 10.1 Å². The Labute approximate surface area is 171 Å². The number of carbonyl (C=O) groups is 1. The number of benzene rings is 2. The van der Waals surface area contributed by atoms with Gasteiger partial charge in [-0.2, -0.15) is 0 Å². The molecule has 146 valence electrons. The number of aryl methyl sites for hydroxylation is 1. The van der Waals surface area contributed by atoms with Gasteiger partial charge in [0.25, 0.3) is 5.91 Å². The van der Waals surface area contributed by atoms with Crippen LogP contribution in [0.25, 0.3) is 16.9 Å². The second-order valence-electron chi connectivity index (χ2n) is 6.51. The van der Waals surface area contributed by atoms with E-state index in [4.69, 9.17) is 16.3 Å². The molecule has 0 aliphatic carbocycles. The quantitative estimate of drug-likeness (QED) is 0.493. The van der Waals surface area contributed by atoms with Crippen molar-refractivity contribution in [2.24, 2.45) is 0 Å². The molecule has 0 bridgehead atoms. The maximum Gasteiger partial charge on any atom is 0.260 e. The zero-order valence-electron chi connectivity index (χ0n) is 15.7. The Kier molecular flexibility index (Phi) is 4.94. The van der Waals surface area contributed by atoms with Crippen molar-refractivity contribution in [2.45, 2.75) is 6.92 Å². The number of amides is 1. The summed E-state index contributed by atoms with van der Waals surface area (Å²) in [4.78, 5) is 17.3. The van der Waals surface area contributed by atoms with Gasteiger partial charge in [-0.1, -0.05) is 23.7 Å². The van der Waals surface area contributed by atoms with Crippen molar-refractivity contribution in [3.8, 4) is 17.0 Å². The molecule has 2 aromatic carbocycles. The number of hydrogen-bond acceptors (Lipinski definition) is 3. The van der Waals surface area contributed by atoms with E-state index in [1.165, 1.54) is 25.3 Å². The van der Waals surface area contributed by atoms with Gasteiger partial charge in [0.15, 0.2) is 0 Å². The molecule has 7 heteroatoms. The molecule has 5 nitrogen and oxygen atoms in total. The molecule has 29 heavy (non-hydrogen) atoms. The van der Waals surface area contributed by atoms with E-state index in [9.17, 15) is 9.18 Å². The van der Waals surface area contributed by atoms with E-state index < -0.39 is 11.7 Å². The predicted molar refractivity (Wildman–Crippen MR) is 111 cm³/mol. The summed E-state index contributed by atoms with van der Waals surface area (Å²) in [5.41, 5.74) is 3.59. The fraction of sp³-hybridized carbons (Fsp3) is 0.0909. The molecule has 0 aliphatic rings. The van der Waals surface area contributed by atoms with Crippen LogP contribution in [-0.2, 0) is 0 Å². The molecule has 1 amide bonds. The lowest BCUT2D eigenvalue weighted by Crippen LogP contribution is -2.15. The predicted octanol–water partition coefficient (Wildman–Crippen LogP) is 5.36. The molecule has 2 aromatic heterocycles. The van der Waals surface area contributed by atoms with Gasteiger partial charge in [-0.15, -0.1) is 0 Å². The van der Waals surface area contributed by atoms with E-state index in [0.29, 0.717) is 11.4 Å². The third-order valence-corrected chi connectivity index (χ3v) is 4.93. The first kappa shape index (κ1) is 19.0. The molecule has 0 unspecified atom stereocenters. The van der Waals surface area contributed by atoms with Gasteiger partial charge in [0, 0.05) is 18.0 Å². The summed E-state index contributed by atoms with van der Waals surface area (Å²) in [6, 6.07) is 13.4. The normalized spacial score (nSPS) is 10.9. The molecule has 0 radical (unpaired) electrons. The van der Waals surface area contributed by atoms with Crippen LogP contribution in [0.15, 0.2) is 60.9 Å². The smallest absolute Gasteiger partial charge is 0.260 e. The topological polar surface area (TPSA) is 55.6 Å². The molecular formula is C22H17ClFN3O2. The highest BCUT2D eigenvalue weighted by molar-refractivity contribution is 6.34. The minimum atomic E-state index is -0.694. The number of carbonyl (C=O) groups excluding carboxylic acids is 1. The molecule has 4 rings (SSSR count). The van der Waals surface area contributed by atoms with Crippen molar-refractivity contribution in [2.75, 3.05) is 12.4 Å². The average molecular weight is 410 g/mol. The van der Waals surface area contributed by atoms with E-state index in [1.807, 2.05) is 41.9 Å². The van der Waals surface area contributed by atoms with Gasteiger partial charge >= 0.3 is 0 Å². The Morgan fingerprint density at radius 2 is 2.03 bits per heavy atom. The van der Waals surface area contributed by atoms with E-state index >= 15 is 0 Å². The highest BCUT2D eigenvalue weighted by Gasteiger charge is 2.18. The van der Waals surface area contributed by atoms with E-state index in [1.54, 1.807) is 12.1 Å². The Balaban J connectivity index is 1.73. The number of nitrogens with one attached hydrogen (secondary N) is 1. The molecule has 0 spiro atoms. The van der Waals surface area contributed by atoms with Crippen molar-refractivity contribution in [1.29, 1.82) is 0 Å². The van der Waals surface area contributed by atoms with Crippen molar-refractivity contribution >= 4 is 28.8 Å². The monoisotopic (exact) mass is 409 g/mol. The summed E-state index contributed by atoms with van der Waals surface area (Å²) in [6.45, 7) is 1.99. The summed E-state index contributed by atoms with van der Waals surface area (Å²) in [7, 11) is 1.50. The Morgan fingerprint density at radius 3 is 2.76 bits per heavy atom. The average Bonchev–Trinajstić information content (AvgIpc) is 3.13. The van der Waals surface area contributed by atoms with Crippen LogP contribution in [-0.4, -0.2) is 22.4 Å². The van der Waals surface area contributed by atoms with Crippen molar-refractivity contribution in [1.82, 2.24) is 9.38 Å². The zero-order valence-corrected chi connectivity index (χ0v) is 16.5. The number of nitrogens with zero attached hydrogens (tertiary/aromatic N) is 2. The highest BCUT2D eigenvalue weighted by Crippen LogP contribution is 2.32. The number of fused-ring (bicyclic) bond motifs is 1. The fourth-order valence-corrected chi connectivity index (χ4v) is 3.41. The minimum absolute atomic E-state index is 0.0356. The summed E-state index contributed by atoms with van der Waals surface area (Å²) in [5.74, 6) is -0.912. The largest absolute Gasteiger partial charge is 0.495 e. The summed E-state index contributed by atoms with van der Waals surface area (Å²) in [5, 5.41) is 2.73. The number of halogens is 2. The van der Waals surface area contributed by atoms with Gasteiger partial charge in [0.1, 0.15) is 17.2 Å². The molecule has 0 aliphatic heterocycles. The van der Waals surface area contributed by atoms with Gasteiger partial charge in [-0.3, -0.25) is 4.79 Å². The molecule has 0 atom stereocenters. The summed E-state index contributed by atoms with van der Waals surface area (Å²) >= 11 is 6.01. The Morgan fingerprint density at radius 1 is 1.21 bits per heavy atom. The maximum absolute atomic E-state index is 14.1. The van der Waals surface area contributed by atoms with Crippen LogP contribution in [0.1, 0.15) is 15.9 Å². The number of aromatic nitrogens is 2. The Bertz CT molecular complexity index is 1220. The third kappa shape index (κ3) is 3.54. The summed E-state index contributed by atoms with van der Waals surface area (Å²) in [6.07, 6.45) is 3.83. The second kappa shape index (κ2) is 7.56. The minimum Gasteiger partial charge on any atom is -0.495 e. The number of hydrogen-bond donors (Lipinski definition) is 1. The number of anilines is 1. The highest BCUT2D eigenvalue weighted by atomic mass is 35.5. The van der Waals surface area contributed by atoms with Gasteiger partial charge < -0.3 is 14.5 Å². The van der Waals surface area contributed by atoms with Gasteiger partial charge in [-0.05, 0) is 48.9 Å². The number of rotatable bonds is 4. The van der Waals surface area contributed by atoms with E-state index in [2.05, 4.69) is 10.3 Å². The number of pyridine rings is 1. The van der Waals surface area contributed by atoms with Crippen molar-refractivity contribution in [3.05, 3.63) is 82.9 Å². The molecule has 1 N–H and O–H groups in total. The van der Waals surface area contributed by atoms with Crippen LogP contribution >= 0.6 is 11.6 Å². The molecular weight excluding hydrogens is 393 g/mol. The first-order valence-electron chi connectivity index (χ1n) is 8.86. The zero-order chi connectivity index (χ0) is 20.5. The second-order valence-corrected chi connectivity index (χ2v) is 6.92. The molecule has 0 saturated heterocycles. The SMILES string of the molecule is COc1ccc(-c2cn3cccc(C)c3n2)cc1NC(=O)c1c(F)cccc1Cl. The lowest BCUT2D eigenvalue weighted by molar-refractivity contribution is 0.102. The van der Waals surface area contributed by atoms with Gasteiger partial charge in [0.2, 0.25) is 0 Å². The Hall–Kier alpha value is -3.38. The maximum atomic E-state index is 14.1. The lowest BCUT2D eigenvalue weighted by atomic mass is 10.1. The molecule has 4 aromatic rings. The van der Waals surface area contributed by atoms with Crippen molar-refractivity contribution < 1.29 is 13.9 Å². The van der Waals surface area contributed by atoms with Crippen LogP contribution in [0, 0.1) is 12.7 Å². The first-order chi connectivity index (χ1) is 14.0. The van der Waals surface area contributed by atoms with E-state index in [-0.39, 0.29) is 10.6 Å². The van der Waals surface area contributed by atoms with Gasteiger partial charge in [-0.25, -0.2) is 9.37 Å². The number of methoxy groups -OCH3 is 1. The van der Waals surface area contributed by atoms with Crippen LogP contribution in [0.3, 0.4) is 0 Å². The number of ether oxygens (including phenoxy) is 1. The molecule has 0 saturated carbocycles. The first-order valence-corrected chi connectivity index (χ1v) is 9.24. The standard InChI is InChI=1S/C22H17ClFN3O2/c1-13-5-4-10-27-12-18(25-21(13)27)14-8-9-19(29-2)17(11-14)26-22(28)20-15(23)6-3-7-16(20)24/h3-12H,1-2H3,(H,26,28).